The van der Waals surface area contributed by atoms with E-state index in [2.05, 4.69) is 50.1 Å². The van der Waals surface area contributed by atoms with E-state index >= 15 is 0 Å². The maximum atomic E-state index is 11.6. The second kappa shape index (κ2) is 6.31. The van der Waals surface area contributed by atoms with Gasteiger partial charge in [0.1, 0.15) is 5.69 Å². The molecule has 0 amide bonds. The first-order valence-corrected chi connectivity index (χ1v) is 8.26. The largest absolute Gasteiger partial charge is 0.475 e. The van der Waals surface area contributed by atoms with Crippen LogP contribution in [0.1, 0.15) is 48.0 Å². The SMILES string of the molecule is CCOc1n[nH]c(=O)cc1N[C@@H]1C[C@H](C)C(C)(C)[C@H](C)[C@H]1C. The van der Waals surface area contributed by atoms with Gasteiger partial charge >= 0.3 is 0 Å². The van der Waals surface area contributed by atoms with Gasteiger partial charge in [0, 0.05) is 12.1 Å². The van der Waals surface area contributed by atoms with Gasteiger partial charge in [0.2, 0.25) is 0 Å². The Balaban J connectivity index is 2.24. The second-order valence-electron chi connectivity index (χ2n) is 7.24. The van der Waals surface area contributed by atoms with Crippen molar-refractivity contribution in [3.8, 4) is 5.88 Å². The highest BCUT2D eigenvalue weighted by Gasteiger charge is 2.43. The van der Waals surface area contributed by atoms with E-state index < -0.39 is 0 Å². The maximum Gasteiger partial charge on any atom is 0.266 e. The molecule has 0 aromatic carbocycles. The average Bonchev–Trinajstić information content (AvgIpc) is 2.46. The van der Waals surface area contributed by atoms with Gasteiger partial charge in [-0.05, 0) is 36.5 Å². The zero-order valence-electron chi connectivity index (χ0n) is 14.6. The number of aromatic nitrogens is 2. The van der Waals surface area contributed by atoms with Crippen LogP contribution in [0, 0.1) is 23.2 Å². The molecule has 1 aliphatic carbocycles. The molecular weight excluding hydrogens is 278 g/mol. The Morgan fingerprint density at radius 2 is 2.09 bits per heavy atom. The molecular formula is C17H29N3O2. The third-order valence-corrected chi connectivity index (χ3v) is 5.87. The molecule has 1 aromatic rings. The van der Waals surface area contributed by atoms with Crippen molar-refractivity contribution in [1.29, 1.82) is 0 Å². The van der Waals surface area contributed by atoms with Crippen LogP contribution >= 0.6 is 0 Å². The van der Waals surface area contributed by atoms with E-state index in [0.717, 1.165) is 6.42 Å². The molecule has 0 aliphatic heterocycles. The van der Waals surface area contributed by atoms with E-state index in [1.54, 1.807) is 6.07 Å². The summed E-state index contributed by atoms with van der Waals surface area (Å²) in [5.41, 5.74) is 0.810. The first kappa shape index (κ1) is 16.8. The summed E-state index contributed by atoms with van der Waals surface area (Å²) in [5, 5.41) is 9.95. The summed E-state index contributed by atoms with van der Waals surface area (Å²) >= 11 is 0. The summed E-state index contributed by atoms with van der Waals surface area (Å²) in [7, 11) is 0. The Kier molecular flexibility index (Phi) is 4.83. The van der Waals surface area contributed by atoms with Crippen LogP contribution < -0.4 is 15.6 Å². The van der Waals surface area contributed by atoms with Crippen LogP contribution in [-0.2, 0) is 0 Å². The monoisotopic (exact) mass is 307 g/mol. The van der Waals surface area contributed by atoms with Gasteiger partial charge in [-0.15, -0.1) is 5.10 Å². The Hall–Kier alpha value is -1.52. The maximum absolute atomic E-state index is 11.6. The van der Waals surface area contributed by atoms with E-state index in [0.29, 0.717) is 47.4 Å². The first-order chi connectivity index (χ1) is 10.3. The van der Waals surface area contributed by atoms with Gasteiger partial charge in [-0.25, -0.2) is 5.10 Å². The zero-order valence-corrected chi connectivity index (χ0v) is 14.6. The highest BCUT2D eigenvalue weighted by Crippen LogP contribution is 2.48. The van der Waals surface area contributed by atoms with E-state index in [1.165, 1.54) is 0 Å². The number of hydrogen-bond donors (Lipinski definition) is 2. The van der Waals surface area contributed by atoms with Gasteiger partial charge in [0.15, 0.2) is 0 Å². The molecule has 1 fully saturated rings. The van der Waals surface area contributed by atoms with E-state index in [4.69, 9.17) is 4.74 Å². The van der Waals surface area contributed by atoms with Crippen molar-refractivity contribution >= 4 is 5.69 Å². The lowest BCUT2D eigenvalue weighted by Crippen LogP contribution is -2.47. The summed E-state index contributed by atoms with van der Waals surface area (Å²) < 4.78 is 5.52. The molecule has 1 saturated carbocycles. The minimum absolute atomic E-state index is 0.212. The van der Waals surface area contributed by atoms with E-state index in [9.17, 15) is 4.79 Å². The molecule has 22 heavy (non-hydrogen) atoms. The zero-order chi connectivity index (χ0) is 16.5. The number of rotatable bonds is 4. The number of H-pyrrole nitrogens is 1. The van der Waals surface area contributed by atoms with Crippen LogP contribution in [0.15, 0.2) is 10.9 Å². The van der Waals surface area contributed by atoms with Gasteiger partial charge in [0.05, 0.1) is 6.61 Å². The number of aromatic amines is 1. The highest BCUT2D eigenvalue weighted by molar-refractivity contribution is 5.52. The fourth-order valence-electron chi connectivity index (χ4n) is 3.51. The Morgan fingerprint density at radius 1 is 1.41 bits per heavy atom. The lowest BCUT2D eigenvalue weighted by atomic mass is 9.58. The van der Waals surface area contributed by atoms with Crippen LogP contribution in [0.4, 0.5) is 5.69 Å². The average molecular weight is 307 g/mol. The van der Waals surface area contributed by atoms with Crippen molar-refractivity contribution in [2.45, 2.75) is 54.0 Å². The third-order valence-electron chi connectivity index (χ3n) is 5.87. The van der Waals surface area contributed by atoms with Crippen molar-refractivity contribution in [1.82, 2.24) is 10.2 Å². The molecule has 0 saturated heterocycles. The number of nitrogens with zero attached hydrogens (tertiary/aromatic N) is 1. The first-order valence-electron chi connectivity index (χ1n) is 8.26. The molecule has 5 heteroatoms. The Morgan fingerprint density at radius 3 is 2.73 bits per heavy atom. The smallest absolute Gasteiger partial charge is 0.266 e. The van der Waals surface area contributed by atoms with Gasteiger partial charge in [0.25, 0.3) is 11.4 Å². The van der Waals surface area contributed by atoms with Crippen molar-refractivity contribution in [2.75, 3.05) is 11.9 Å². The predicted octanol–water partition coefficient (Wildman–Crippen LogP) is 3.29. The summed E-state index contributed by atoms with van der Waals surface area (Å²) in [6, 6.07) is 1.86. The van der Waals surface area contributed by atoms with Gasteiger partial charge in [-0.2, -0.15) is 0 Å². The highest BCUT2D eigenvalue weighted by atomic mass is 16.5. The summed E-state index contributed by atoms with van der Waals surface area (Å²) in [5.74, 6) is 2.19. The molecule has 5 nitrogen and oxygen atoms in total. The van der Waals surface area contributed by atoms with Gasteiger partial charge in [-0.3, -0.25) is 4.79 Å². The number of nitrogens with one attached hydrogen (secondary N) is 2. The van der Waals surface area contributed by atoms with Crippen molar-refractivity contribution < 1.29 is 4.74 Å². The van der Waals surface area contributed by atoms with Crippen molar-refractivity contribution in [3.05, 3.63) is 16.4 Å². The molecule has 0 spiro atoms. The van der Waals surface area contributed by atoms with Crippen LogP contribution in [0.2, 0.25) is 0 Å². The van der Waals surface area contributed by atoms with Crippen LogP contribution in [0.25, 0.3) is 0 Å². The number of ether oxygens (including phenoxy) is 1. The minimum atomic E-state index is -0.212. The molecule has 2 N–H and O–H groups in total. The standard InChI is InChI=1S/C17H29N3O2/c1-7-22-16-14(9-15(21)19-20-16)18-13-8-10(2)17(5,6)12(4)11(13)3/h9-13H,7-8H2,1-6H3,(H2,18,19,21)/t10-,11+,12+,13+/m0/s1. The van der Waals surface area contributed by atoms with E-state index in [-0.39, 0.29) is 5.56 Å². The molecule has 124 valence electrons. The molecule has 0 radical (unpaired) electrons. The second-order valence-corrected chi connectivity index (χ2v) is 7.24. The normalized spacial score (nSPS) is 30.8. The van der Waals surface area contributed by atoms with Gasteiger partial charge < -0.3 is 10.1 Å². The lowest BCUT2D eigenvalue weighted by Gasteiger charge is -2.50. The predicted molar refractivity (Wildman–Crippen MR) is 89.3 cm³/mol. The Labute approximate surface area is 132 Å². The lowest BCUT2D eigenvalue weighted by molar-refractivity contribution is 0.0316. The molecule has 0 bridgehead atoms. The molecule has 0 unspecified atom stereocenters. The fourth-order valence-corrected chi connectivity index (χ4v) is 3.51. The molecule has 1 heterocycles. The fraction of sp³-hybridized carbons (Fsp3) is 0.765. The Bertz CT molecular complexity index is 567. The summed E-state index contributed by atoms with van der Waals surface area (Å²) in [6.45, 7) is 14.1. The number of anilines is 1. The van der Waals surface area contributed by atoms with Crippen molar-refractivity contribution in [2.24, 2.45) is 23.2 Å². The number of hydrogen-bond acceptors (Lipinski definition) is 4. The summed E-state index contributed by atoms with van der Waals surface area (Å²) in [6.07, 6.45) is 1.08. The van der Waals surface area contributed by atoms with Gasteiger partial charge in [-0.1, -0.05) is 34.6 Å². The van der Waals surface area contributed by atoms with Crippen molar-refractivity contribution in [3.63, 3.8) is 0 Å². The van der Waals surface area contributed by atoms with Crippen LogP contribution in [-0.4, -0.2) is 22.8 Å². The quantitative estimate of drug-likeness (QED) is 0.895. The summed E-state index contributed by atoms with van der Waals surface area (Å²) in [4.78, 5) is 11.6. The third kappa shape index (κ3) is 3.13. The molecule has 1 aliphatic rings. The molecule has 2 rings (SSSR count). The van der Waals surface area contributed by atoms with Crippen LogP contribution in [0.3, 0.4) is 0 Å². The van der Waals surface area contributed by atoms with E-state index in [1.807, 2.05) is 6.92 Å². The topological polar surface area (TPSA) is 67.0 Å². The minimum Gasteiger partial charge on any atom is -0.475 e. The molecule has 1 aromatic heterocycles. The molecule has 4 atom stereocenters. The van der Waals surface area contributed by atoms with Crippen LogP contribution in [0.5, 0.6) is 5.88 Å².